The number of fused-ring (bicyclic) bond motifs is 2. The first kappa shape index (κ1) is 20.4. The summed E-state index contributed by atoms with van der Waals surface area (Å²) in [7, 11) is -10.8. The second kappa shape index (κ2) is 6.32. The van der Waals surface area contributed by atoms with Crippen molar-refractivity contribution in [1.29, 1.82) is 0 Å². The number of rotatable bonds is 3. The predicted octanol–water partition coefficient (Wildman–Crippen LogP) is 2.01. The number of benzene rings is 2. The Morgan fingerprint density at radius 3 is 1.77 bits per heavy atom. The molecule has 1 atom stereocenters. The average molecular weight is 449 g/mol. The highest BCUT2D eigenvalue weighted by Gasteiger charge is 2.66. The molecule has 3 N–H and O–H groups in total. The number of hydrogen-bond donors (Lipinski definition) is 3. The summed E-state index contributed by atoms with van der Waals surface area (Å²) in [5.41, 5.74) is -0.149. The Morgan fingerprint density at radius 2 is 1.30 bits per heavy atom. The van der Waals surface area contributed by atoms with E-state index in [0.717, 1.165) is 0 Å². The van der Waals surface area contributed by atoms with Gasteiger partial charge >= 0.3 is 0 Å². The van der Waals surface area contributed by atoms with Crippen molar-refractivity contribution in [2.24, 2.45) is 5.92 Å². The number of carbonyl (C=O) groups excluding carboxylic acids is 2. The topological polar surface area (TPSA) is 155 Å². The third kappa shape index (κ3) is 2.59. The van der Waals surface area contributed by atoms with E-state index in [0.29, 0.717) is 0 Å². The molecule has 0 fully saturated rings. The Hall–Kier alpha value is -2.86. The zero-order chi connectivity index (χ0) is 22.1. The van der Waals surface area contributed by atoms with Crippen LogP contribution in [-0.2, 0) is 20.2 Å². The van der Waals surface area contributed by atoms with Crippen LogP contribution in [-0.4, -0.2) is 42.4 Å². The molecule has 0 amide bonds. The van der Waals surface area contributed by atoms with Crippen molar-refractivity contribution in [2.75, 3.05) is 5.32 Å². The van der Waals surface area contributed by atoms with Gasteiger partial charge in [0.25, 0.3) is 20.2 Å². The fraction of sp³-hybridized carbons (Fsp3) is 0.158. The van der Waals surface area contributed by atoms with Crippen molar-refractivity contribution in [1.82, 2.24) is 0 Å². The molecule has 0 saturated carbocycles. The van der Waals surface area contributed by atoms with E-state index >= 15 is 0 Å². The third-order valence-electron chi connectivity index (χ3n) is 5.38. The van der Waals surface area contributed by atoms with Gasteiger partial charge in [0.2, 0.25) is 4.87 Å². The Labute approximate surface area is 171 Å². The van der Waals surface area contributed by atoms with E-state index < -0.39 is 47.5 Å². The van der Waals surface area contributed by atoms with Crippen LogP contribution in [0.4, 0.5) is 5.69 Å². The van der Waals surface area contributed by atoms with Crippen LogP contribution >= 0.6 is 0 Å². The average Bonchev–Trinajstić information content (AvgIpc) is 2.91. The SMILES string of the molecule is CC1=C(S(=O)(=O)O)C(C2C(=O)c3ccccc3C2=O)(S(=O)(=O)O)Nc2ccccc21. The molecule has 4 rings (SSSR count). The molecule has 1 unspecified atom stereocenters. The van der Waals surface area contributed by atoms with E-state index in [2.05, 4.69) is 5.32 Å². The molecule has 0 aromatic heterocycles. The number of ketones is 2. The highest BCUT2D eigenvalue weighted by atomic mass is 32.2. The van der Waals surface area contributed by atoms with Crippen molar-refractivity contribution in [3.05, 3.63) is 70.1 Å². The minimum atomic E-state index is -5.51. The highest BCUT2D eigenvalue weighted by molar-refractivity contribution is 7.94. The quantitative estimate of drug-likeness (QED) is 0.471. The molecule has 0 bridgehead atoms. The standard InChI is InChI=1S/C19H15NO8S2/c1-10-11-6-4-5-9-14(11)20-19(30(26,27)28,18(10)29(23,24)25)15-16(21)12-7-2-3-8-13(12)17(15)22/h2-9,15,20H,1H3,(H,23,24,25)(H,26,27,28). The van der Waals surface area contributed by atoms with Gasteiger partial charge < -0.3 is 5.32 Å². The molecular formula is C19H15NO8S2. The lowest BCUT2D eigenvalue weighted by molar-refractivity contribution is 0.0816. The molecule has 1 aliphatic carbocycles. The number of para-hydroxylation sites is 1. The van der Waals surface area contributed by atoms with Gasteiger partial charge in [-0.15, -0.1) is 0 Å². The normalized spacial score (nSPS) is 22.0. The van der Waals surface area contributed by atoms with Crippen LogP contribution in [0.15, 0.2) is 53.4 Å². The van der Waals surface area contributed by atoms with Crippen LogP contribution in [0.2, 0.25) is 0 Å². The van der Waals surface area contributed by atoms with E-state index in [1.807, 2.05) is 0 Å². The lowest BCUT2D eigenvalue weighted by Crippen LogP contribution is -2.60. The Kier molecular flexibility index (Phi) is 4.30. The van der Waals surface area contributed by atoms with Crippen LogP contribution < -0.4 is 5.32 Å². The molecule has 30 heavy (non-hydrogen) atoms. The van der Waals surface area contributed by atoms with Gasteiger partial charge in [-0.25, -0.2) is 0 Å². The molecule has 2 aromatic rings. The van der Waals surface area contributed by atoms with Crippen molar-refractivity contribution >= 4 is 43.1 Å². The Balaban J connectivity index is 2.14. The summed E-state index contributed by atoms with van der Waals surface area (Å²) in [6.07, 6.45) is 0. The second-order valence-electron chi connectivity index (χ2n) is 7.02. The first-order valence-corrected chi connectivity index (χ1v) is 11.5. The van der Waals surface area contributed by atoms with Crippen LogP contribution in [0.25, 0.3) is 5.57 Å². The van der Waals surface area contributed by atoms with Gasteiger partial charge in [-0.3, -0.25) is 18.7 Å². The van der Waals surface area contributed by atoms with Crippen molar-refractivity contribution in [2.45, 2.75) is 11.8 Å². The summed E-state index contributed by atoms with van der Waals surface area (Å²) in [5.74, 6) is -4.16. The van der Waals surface area contributed by atoms with Gasteiger partial charge in [0, 0.05) is 22.4 Å². The number of nitrogens with one attached hydrogen (secondary N) is 1. The van der Waals surface area contributed by atoms with Gasteiger partial charge in [0.15, 0.2) is 11.6 Å². The lowest BCUT2D eigenvalue weighted by atomic mass is 9.87. The zero-order valence-corrected chi connectivity index (χ0v) is 17.0. The van der Waals surface area contributed by atoms with E-state index in [4.69, 9.17) is 0 Å². The molecule has 1 heterocycles. The minimum absolute atomic E-state index is 0.0663. The Morgan fingerprint density at radius 1 is 0.833 bits per heavy atom. The zero-order valence-electron chi connectivity index (χ0n) is 15.4. The van der Waals surface area contributed by atoms with E-state index in [1.54, 1.807) is 6.07 Å². The lowest BCUT2D eigenvalue weighted by Gasteiger charge is -2.41. The Bertz CT molecular complexity index is 1340. The largest absolute Gasteiger partial charge is 0.359 e. The van der Waals surface area contributed by atoms with Crippen LogP contribution in [0.3, 0.4) is 0 Å². The van der Waals surface area contributed by atoms with Gasteiger partial charge in [-0.1, -0.05) is 42.5 Å². The number of anilines is 1. The maximum Gasteiger partial charge on any atom is 0.295 e. The van der Waals surface area contributed by atoms with E-state index in [9.17, 15) is 35.5 Å². The monoisotopic (exact) mass is 449 g/mol. The fourth-order valence-electron chi connectivity index (χ4n) is 4.21. The van der Waals surface area contributed by atoms with Gasteiger partial charge in [0.05, 0.1) is 0 Å². The molecule has 156 valence electrons. The van der Waals surface area contributed by atoms with Crippen molar-refractivity contribution in [3.8, 4) is 0 Å². The van der Waals surface area contributed by atoms with Crippen molar-refractivity contribution in [3.63, 3.8) is 0 Å². The molecule has 0 spiro atoms. The second-order valence-corrected chi connectivity index (χ2v) is 9.97. The molecule has 2 aliphatic rings. The van der Waals surface area contributed by atoms with Crippen LogP contribution in [0.1, 0.15) is 33.2 Å². The number of allylic oxidation sites excluding steroid dienone is 1. The molecule has 0 saturated heterocycles. The van der Waals surface area contributed by atoms with Gasteiger partial charge in [-0.05, 0) is 18.6 Å². The van der Waals surface area contributed by atoms with Crippen LogP contribution in [0, 0.1) is 5.92 Å². The molecule has 9 nitrogen and oxygen atoms in total. The van der Waals surface area contributed by atoms with Crippen LogP contribution in [0.5, 0.6) is 0 Å². The van der Waals surface area contributed by atoms with Crippen molar-refractivity contribution < 1.29 is 35.5 Å². The molecule has 2 aromatic carbocycles. The summed E-state index contributed by atoms with van der Waals surface area (Å²) in [6, 6.07) is 11.4. The van der Waals surface area contributed by atoms with E-state index in [1.165, 1.54) is 49.4 Å². The number of carbonyl (C=O) groups is 2. The first-order chi connectivity index (χ1) is 13.9. The minimum Gasteiger partial charge on any atom is -0.359 e. The molecule has 0 radical (unpaired) electrons. The number of Topliss-reactive ketones (excluding diaryl/α,β-unsaturated/α-hetero) is 2. The smallest absolute Gasteiger partial charge is 0.295 e. The first-order valence-electron chi connectivity index (χ1n) is 8.62. The molecule has 11 heteroatoms. The third-order valence-corrected chi connectivity index (χ3v) is 8.01. The van der Waals surface area contributed by atoms with Gasteiger partial charge in [-0.2, -0.15) is 16.8 Å². The molecular weight excluding hydrogens is 434 g/mol. The number of hydrogen-bond acceptors (Lipinski definition) is 7. The highest BCUT2D eigenvalue weighted by Crippen LogP contribution is 2.50. The summed E-state index contributed by atoms with van der Waals surface area (Å²) in [6.45, 7) is 1.22. The maximum atomic E-state index is 13.1. The predicted molar refractivity (Wildman–Crippen MR) is 107 cm³/mol. The molecule has 1 aliphatic heterocycles. The fourth-order valence-corrected chi connectivity index (χ4v) is 7.03. The summed E-state index contributed by atoms with van der Waals surface area (Å²) in [5, 5.41) is 2.40. The maximum absolute atomic E-state index is 13.1. The summed E-state index contributed by atoms with van der Waals surface area (Å²) >= 11 is 0. The summed E-state index contributed by atoms with van der Waals surface area (Å²) < 4.78 is 70.4. The van der Waals surface area contributed by atoms with E-state index in [-0.39, 0.29) is 28.0 Å². The summed E-state index contributed by atoms with van der Waals surface area (Å²) in [4.78, 5) is 21.9. The van der Waals surface area contributed by atoms with Gasteiger partial charge in [0.1, 0.15) is 10.8 Å².